The number of hydrazone groups is 2. The molecule has 0 unspecified atom stereocenters. The Morgan fingerprint density at radius 3 is 1.40 bits per heavy atom. The van der Waals surface area contributed by atoms with Gasteiger partial charge in [0.1, 0.15) is 0 Å². The van der Waals surface area contributed by atoms with E-state index < -0.39 is 11.9 Å². The summed E-state index contributed by atoms with van der Waals surface area (Å²) in [5, 5.41) is 18.9. The topological polar surface area (TPSA) is 108 Å². The summed E-state index contributed by atoms with van der Waals surface area (Å²) >= 11 is 0. The molecule has 0 aromatic heterocycles. The molecule has 0 amide bonds. The fraction of sp³-hybridized carbons (Fsp3) is 0.125. The van der Waals surface area contributed by atoms with Gasteiger partial charge in [-0.15, -0.1) is 10.2 Å². The molecule has 0 saturated heterocycles. The number of benzene rings is 4. The smallest absolute Gasteiger partial charge is 0.376 e. The first-order chi connectivity index (χ1) is 20.6. The Kier molecular flexibility index (Phi) is 7.25. The van der Waals surface area contributed by atoms with Crippen LogP contribution in [0.15, 0.2) is 107 Å². The van der Waals surface area contributed by atoms with E-state index in [4.69, 9.17) is 9.47 Å². The van der Waals surface area contributed by atoms with Gasteiger partial charge in [0.2, 0.25) is 11.7 Å². The molecule has 0 spiro atoms. The molecule has 0 bridgehead atoms. The van der Waals surface area contributed by atoms with Crippen LogP contribution in [0.3, 0.4) is 0 Å². The molecule has 0 radical (unpaired) electrons. The molecule has 10 nitrogen and oxygen atoms in total. The number of amidine groups is 2. The molecule has 4 aromatic carbocycles. The molecule has 6 rings (SSSR count). The highest BCUT2D eigenvalue weighted by atomic mass is 16.5. The zero-order valence-corrected chi connectivity index (χ0v) is 23.1. The van der Waals surface area contributed by atoms with E-state index in [9.17, 15) is 9.59 Å². The highest BCUT2D eigenvalue weighted by molar-refractivity contribution is 6.42. The summed E-state index contributed by atoms with van der Waals surface area (Å²) in [6, 6.07) is 31.0. The Morgan fingerprint density at radius 2 is 1.02 bits per heavy atom. The number of nitrogens with one attached hydrogen (secondary N) is 2. The van der Waals surface area contributed by atoms with Crippen LogP contribution in [0.25, 0.3) is 11.1 Å². The number of ether oxygens (including phenoxy) is 2. The number of esters is 2. The molecule has 42 heavy (non-hydrogen) atoms. The average molecular weight is 561 g/mol. The van der Waals surface area contributed by atoms with Crippen LogP contribution in [-0.4, -0.2) is 36.8 Å². The van der Waals surface area contributed by atoms with E-state index in [1.165, 1.54) is 0 Å². The van der Waals surface area contributed by atoms with Crippen LogP contribution < -0.4 is 20.7 Å². The third-order valence-corrected chi connectivity index (χ3v) is 6.63. The molecular formula is C32H28N6O4. The van der Waals surface area contributed by atoms with Gasteiger partial charge in [0.25, 0.3) is 0 Å². The van der Waals surface area contributed by atoms with E-state index in [-0.39, 0.29) is 24.9 Å². The first-order valence-corrected chi connectivity index (χ1v) is 13.6. The summed E-state index contributed by atoms with van der Waals surface area (Å²) < 4.78 is 10.4. The van der Waals surface area contributed by atoms with Crippen molar-refractivity contribution in [2.45, 2.75) is 13.8 Å². The molecule has 0 aliphatic carbocycles. The van der Waals surface area contributed by atoms with Gasteiger partial charge in [-0.3, -0.25) is 0 Å². The lowest BCUT2D eigenvalue weighted by molar-refractivity contribution is -0.135. The second-order valence-electron chi connectivity index (χ2n) is 9.35. The van der Waals surface area contributed by atoms with Crippen molar-refractivity contribution < 1.29 is 19.1 Å². The number of hydrogen-bond donors (Lipinski definition) is 2. The fourth-order valence-corrected chi connectivity index (χ4v) is 4.71. The SMILES string of the molecule is CCOC(=O)C1=NN(c2ccccc2)c2cc(-c3ccc4c(c3)N(c3ccccc3)N=C(C(=O)OCC)N4)ccc2N1. The Balaban J connectivity index is 1.41. The van der Waals surface area contributed by atoms with Gasteiger partial charge >= 0.3 is 11.9 Å². The lowest BCUT2D eigenvalue weighted by Gasteiger charge is -2.29. The van der Waals surface area contributed by atoms with Crippen LogP contribution in [-0.2, 0) is 19.1 Å². The minimum Gasteiger partial charge on any atom is -0.460 e. The van der Waals surface area contributed by atoms with E-state index in [1.54, 1.807) is 23.9 Å². The lowest BCUT2D eigenvalue weighted by Crippen LogP contribution is -2.33. The molecule has 2 aliphatic heterocycles. The van der Waals surface area contributed by atoms with E-state index >= 15 is 0 Å². The standard InChI is InChI=1S/C32H28N6O4/c1-3-41-31(39)29-33-25-17-15-21(19-27(25)37(35-29)23-11-7-5-8-12-23)22-16-18-26-28(20-22)38(24-13-9-6-10-14-24)36-30(34-26)32(40)42-4-2/h5-20H,3-4H2,1-2H3,(H,33,35)(H,34,36). The zero-order valence-electron chi connectivity index (χ0n) is 23.1. The molecule has 210 valence electrons. The second kappa shape index (κ2) is 11.5. The maximum absolute atomic E-state index is 12.6. The van der Waals surface area contributed by atoms with Gasteiger partial charge in [0.15, 0.2) is 0 Å². The predicted molar refractivity (Wildman–Crippen MR) is 164 cm³/mol. The number of carbonyl (C=O) groups is 2. The van der Waals surface area contributed by atoms with Crippen LogP contribution in [0.4, 0.5) is 34.1 Å². The summed E-state index contributed by atoms with van der Waals surface area (Å²) in [5.41, 5.74) is 6.40. The number of nitrogens with zero attached hydrogens (tertiary/aromatic N) is 4. The van der Waals surface area contributed by atoms with Gasteiger partial charge in [-0.25, -0.2) is 19.6 Å². The molecule has 0 fully saturated rings. The van der Waals surface area contributed by atoms with Crippen molar-refractivity contribution in [2.24, 2.45) is 10.2 Å². The number of carbonyl (C=O) groups excluding carboxylic acids is 2. The van der Waals surface area contributed by atoms with Crippen molar-refractivity contribution in [1.29, 1.82) is 0 Å². The van der Waals surface area contributed by atoms with Crippen molar-refractivity contribution in [3.63, 3.8) is 0 Å². The number of rotatable bonds is 7. The third-order valence-electron chi connectivity index (χ3n) is 6.63. The minimum atomic E-state index is -0.529. The largest absolute Gasteiger partial charge is 0.460 e. The fourth-order valence-electron chi connectivity index (χ4n) is 4.71. The van der Waals surface area contributed by atoms with Crippen molar-refractivity contribution in [2.75, 3.05) is 33.9 Å². The van der Waals surface area contributed by atoms with E-state index in [1.807, 2.05) is 97.1 Å². The van der Waals surface area contributed by atoms with Crippen molar-refractivity contribution in [3.05, 3.63) is 97.1 Å². The molecule has 0 saturated carbocycles. The Labute approximate surface area is 242 Å². The van der Waals surface area contributed by atoms with Gasteiger partial charge in [-0.1, -0.05) is 48.5 Å². The number of hydrogen-bond acceptors (Lipinski definition) is 10. The second-order valence-corrected chi connectivity index (χ2v) is 9.35. The third kappa shape index (κ3) is 5.13. The summed E-state index contributed by atoms with van der Waals surface area (Å²) in [4.78, 5) is 25.1. The van der Waals surface area contributed by atoms with E-state index in [0.717, 1.165) is 45.3 Å². The summed E-state index contributed by atoms with van der Waals surface area (Å²) in [6.45, 7) is 4.00. The number of para-hydroxylation sites is 2. The molecule has 2 heterocycles. The summed E-state index contributed by atoms with van der Waals surface area (Å²) in [6.07, 6.45) is 0. The Hall–Kier alpha value is -5.64. The molecule has 4 aromatic rings. The Morgan fingerprint density at radius 1 is 0.619 bits per heavy atom. The van der Waals surface area contributed by atoms with Gasteiger partial charge in [-0.2, -0.15) is 0 Å². The quantitative estimate of drug-likeness (QED) is 0.256. The first-order valence-electron chi connectivity index (χ1n) is 13.6. The highest BCUT2D eigenvalue weighted by Crippen LogP contribution is 2.42. The maximum atomic E-state index is 12.6. The monoisotopic (exact) mass is 560 g/mol. The molecule has 2 N–H and O–H groups in total. The summed E-state index contributed by atoms with van der Waals surface area (Å²) in [5.74, 6) is -0.845. The van der Waals surface area contributed by atoms with Crippen LogP contribution >= 0.6 is 0 Å². The average Bonchev–Trinajstić information content (AvgIpc) is 3.04. The highest BCUT2D eigenvalue weighted by Gasteiger charge is 2.28. The molecule has 2 aliphatic rings. The molecule has 10 heteroatoms. The Bertz CT molecular complexity index is 1580. The molecule has 0 atom stereocenters. The van der Waals surface area contributed by atoms with Gasteiger partial charge in [-0.05, 0) is 73.5 Å². The maximum Gasteiger partial charge on any atom is 0.376 e. The number of anilines is 6. The lowest BCUT2D eigenvalue weighted by atomic mass is 10.0. The molecular weight excluding hydrogens is 532 g/mol. The van der Waals surface area contributed by atoms with Crippen LogP contribution in [0.2, 0.25) is 0 Å². The zero-order chi connectivity index (χ0) is 29.1. The van der Waals surface area contributed by atoms with Crippen molar-refractivity contribution >= 4 is 57.7 Å². The normalized spacial score (nSPS) is 13.5. The predicted octanol–water partition coefficient (Wildman–Crippen LogP) is 6.23. The van der Waals surface area contributed by atoms with Crippen molar-refractivity contribution in [3.8, 4) is 11.1 Å². The minimum absolute atomic E-state index is 0.106. The van der Waals surface area contributed by atoms with Crippen molar-refractivity contribution in [1.82, 2.24) is 0 Å². The van der Waals surface area contributed by atoms with Gasteiger partial charge < -0.3 is 20.1 Å². The number of fused-ring (bicyclic) bond motifs is 2. The van der Waals surface area contributed by atoms with E-state index in [0.29, 0.717) is 0 Å². The summed E-state index contributed by atoms with van der Waals surface area (Å²) in [7, 11) is 0. The van der Waals surface area contributed by atoms with Crippen LogP contribution in [0.1, 0.15) is 13.8 Å². The van der Waals surface area contributed by atoms with Crippen LogP contribution in [0, 0.1) is 0 Å². The van der Waals surface area contributed by atoms with E-state index in [2.05, 4.69) is 20.8 Å². The van der Waals surface area contributed by atoms with Gasteiger partial charge in [0.05, 0.1) is 47.3 Å². The van der Waals surface area contributed by atoms with Crippen LogP contribution in [0.5, 0.6) is 0 Å². The first kappa shape index (κ1) is 26.6. The van der Waals surface area contributed by atoms with Gasteiger partial charge in [0, 0.05) is 0 Å².